The van der Waals surface area contributed by atoms with E-state index in [4.69, 9.17) is 11.5 Å². The number of benzene rings is 1. The van der Waals surface area contributed by atoms with Crippen molar-refractivity contribution in [3.63, 3.8) is 0 Å². The molecule has 0 fully saturated rings. The van der Waals surface area contributed by atoms with Gasteiger partial charge in [0.05, 0.1) is 4.90 Å². The summed E-state index contributed by atoms with van der Waals surface area (Å²) < 4.78 is 28.4. The molecule has 1 aromatic rings. The van der Waals surface area contributed by atoms with Crippen molar-refractivity contribution in [3.05, 3.63) is 80.4 Å². The predicted octanol–water partition coefficient (Wildman–Crippen LogP) is 5.31. The monoisotopic (exact) mass is 517 g/mol. The van der Waals surface area contributed by atoms with Crippen LogP contribution in [0.3, 0.4) is 0 Å². The zero-order chi connectivity index (χ0) is 23.5. The lowest BCUT2D eigenvalue weighted by Crippen LogP contribution is -2.46. The van der Waals surface area contributed by atoms with Gasteiger partial charge in [0.1, 0.15) is 0 Å². The van der Waals surface area contributed by atoms with Crippen LogP contribution in [0, 0.1) is 6.92 Å². The SMILES string of the molecule is C=CCC(N)(CC=C)CCN(CCC(N)(CC=C)CC=C)S(=O)(=O)c1ccc(C)cc1.Cl.Cl. The van der Waals surface area contributed by atoms with E-state index in [0.717, 1.165) is 5.56 Å². The minimum atomic E-state index is -3.70. The maximum absolute atomic E-state index is 13.5. The summed E-state index contributed by atoms with van der Waals surface area (Å²) in [6, 6.07) is 6.89. The highest BCUT2D eigenvalue weighted by Crippen LogP contribution is 2.25. The molecule has 0 spiro atoms. The largest absolute Gasteiger partial charge is 0.324 e. The first-order chi connectivity index (χ1) is 14.6. The highest BCUT2D eigenvalue weighted by Gasteiger charge is 2.31. The van der Waals surface area contributed by atoms with Crippen LogP contribution in [0.1, 0.15) is 44.1 Å². The second-order valence-electron chi connectivity index (χ2n) is 8.41. The van der Waals surface area contributed by atoms with Crippen LogP contribution in [0.2, 0.25) is 0 Å². The molecule has 0 radical (unpaired) electrons. The molecule has 0 bridgehead atoms. The van der Waals surface area contributed by atoms with Gasteiger partial charge in [-0.1, -0.05) is 42.0 Å². The molecule has 0 aromatic heterocycles. The Morgan fingerprint density at radius 3 is 1.42 bits per heavy atom. The van der Waals surface area contributed by atoms with E-state index in [1.807, 2.05) is 6.92 Å². The Labute approximate surface area is 213 Å². The molecule has 5 nitrogen and oxygen atoms in total. The van der Waals surface area contributed by atoms with Crippen LogP contribution in [0.15, 0.2) is 79.8 Å². The smallest absolute Gasteiger partial charge is 0.243 e. The molecule has 188 valence electrons. The van der Waals surface area contributed by atoms with E-state index >= 15 is 0 Å². The van der Waals surface area contributed by atoms with Crippen LogP contribution in [0.5, 0.6) is 0 Å². The third-order valence-electron chi connectivity index (χ3n) is 5.58. The predicted molar refractivity (Wildman–Crippen MR) is 147 cm³/mol. The van der Waals surface area contributed by atoms with Crippen molar-refractivity contribution in [2.75, 3.05) is 13.1 Å². The number of sulfonamides is 1. The minimum Gasteiger partial charge on any atom is -0.324 e. The lowest BCUT2D eigenvalue weighted by atomic mass is 9.88. The molecule has 0 saturated heterocycles. The molecule has 33 heavy (non-hydrogen) atoms. The standard InChI is InChI=1S/C25H39N3O2S.2ClH/c1-6-14-24(26,15-7-2)18-20-28(21-19-25(27,16-8-3)17-9-4)31(29,30)23-12-10-22(5)11-13-23;;/h6-13H,1-4,14-21,26-27H2,5H3;2*1H. The van der Waals surface area contributed by atoms with Gasteiger partial charge in [-0.15, -0.1) is 51.1 Å². The molecule has 1 rings (SSSR count). The van der Waals surface area contributed by atoms with Crippen molar-refractivity contribution in [1.29, 1.82) is 0 Å². The summed E-state index contributed by atoms with van der Waals surface area (Å²) >= 11 is 0. The first-order valence-corrected chi connectivity index (χ1v) is 12.1. The molecule has 0 heterocycles. The Balaban J connectivity index is 0. The second kappa shape index (κ2) is 15.5. The van der Waals surface area contributed by atoms with Gasteiger partial charge in [0, 0.05) is 24.2 Å². The molecular formula is C25H41Cl2N3O2S. The second-order valence-corrected chi connectivity index (χ2v) is 10.4. The Morgan fingerprint density at radius 2 is 1.12 bits per heavy atom. The summed E-state index contributed by atoms with van der Waals surface area (Å²) in [4.78, 5) is 0.267. The summed E-state index contributed by atoms with van der Waals surface area (Å²) in [7, 11) is -3.70. The van der Waals surface area contributed by atoms with E-state index in [1.165, 1.54) is 4.31 Å². The van der Waals surface area contributed by atoms with Gasteiger partial charge in [0.25, 0.3) is 0 Å². The number of hydrogen-bond acceptors (Lipinski definition) is 4. The van der Waals surface area contributed by atoms with Crippen LogP contribution in [-0.2, 0) is 10.0 Å². The van der Waals surface area contributed by atoms with E-state index in [9.17, 15) is 8.42 Å². The van der Waals surface area contributed by atoms with Crippen molar-refractivity contribution in [2.24, 2.45) is 11.5 Å². The summed E-state index contributed by atoms with van der Waals surface area (Å²) in [5, 5.41) is 0. The highest BCUT2D eigenvalue weighted by atomic mass is 35.5. The number of rotatable bonds is 16. The summed E-state index contributed by atoms with van der Waals surface area (Å²) in [5.41, 5.74) is 12.9. The number of hydrogen-bond donors (Lipinski definition) is 2. The number of nitrogens with two attached hydrogens (primary N) is 2. The van der Waals surface area contributed by atoms with Gasteiger partial charge < -0.3 is 11.5 Å². The Hall–Kier alpha value is -1.41. The number of aryl methyl sites for hydroxylation is 1. The van der Waals surface area contributed by atoms with Crippen molar-refractivity contribution < 1.29 is 8.42 Å². The van der Waals surface area contributed by atoms with Crippen LogP contribution >= 0.6 is 24.8 Å². The van der Waals surface area contributed by atoms with Gasteiger partial charge in [-0.05, 0) is 57.6 Å². The number of halogens is 2. The summed E-state index contributed by atoms with van der Waals surface area (Å²) in [6.45, 7) is 17.6. The first-order valence-electron chi connectivity index (χ1n) is 10.6. The van der Waals surface area contributed by atoms with Crippen molar-refractivity contribution >= 4 is 34.8 Å². The average Bonchev–Trinajstić information content (AvgIpc) is 2.69. The zero-order valence-corrected chi connectivity index (χ0v) is 22.2. The highest BCUT2D eigenvalue weighted by molar-refractivity contribution is 7.89. The van der Waals surface area contributed by atoms with E-state index < -0.39 is 21.1 Å². The fraction of sp³-hybridized carbons (Fsp3) is 0.440. The fourth-order valence-corrected chi connectivity index (χ4v) is 5.07. The summed E-state index contributed by atoms with van der Waals surface area (Å²) in [5.74, 6) is 0. The van der Waals surface area contributed by atoms with Gasteiger partial charge in [-0.25, -0.2) is 8.42 Å². The molecule has 0 aliphatic heterocycles. The van der Waals surface area contributed by atoms with E-state index in [1.54, 1.807) is 48.6 Å². The lowest BCUT2D eigenvalue weighted by Gasteiger charge is -2.33. The van der Waals surface area contributed by atoms with E-state index in [-0.39, 0.29) is 42.8 Å². The van der Waals surface area contributed by atoms with Gasteiger partial charge in [-0.2, -0.15) is 4.31 Å². The van der Waals surface area contributed by atoms with Crippen molar-refractivity contribution in [2.45, 2.75) is 61.4 Å². The Morgan fingerprint density at radius 1 is 0.788 bits per heavy atom. The molecule has 8 heteroatoms. The molecular weight excluding hydrogens is 477 g/mol. The van der Waals surface area contributed by atoms with Gasteiger partial charge in [0.15, 0.2) is 0 Å². The van der Waals surface area contributed by atoms with Crippen molar-refractivity contribution in [3.8, 4) is 0 Å². The average molecular weight is 519 g/mol. The van der Waals surface area contributed by atoms with Crippen LogP contribution in [0.4, 0.5) is 0 Å². The minimum absolute atomic E-state index is 0. The quantitative estimate of drug-likeness (QED) is 0.290. The molecule has 1 aromatic carbocycles. The van der Waals surface area contributed by atoms with Gasteiger partial charge in [-0.3, -0.25) is 0 Å². The number of nitrogens with zero attached hydrogens (tertiary/aromatic N) is 1. The Kier molecular flexibility index (Phi) is 15.8. The molecule has 0 amide bonds. The molecule has 0 aliphatic rings. The van der Waals surface area contributed by atoms with Crippen molar-refractivity contribution in [1.82, 2.24) is 4.31 Å². The zero-order valence-electron chi connectivity index (χ0n) is 19.7. The maximum atomic E-state index is 13.5. The molecule has 0 aliphatic carbocycles. The third kappa shape index (κ3) is 10.6. The van der Waals surface area contributed by atoms with Crippen LogP contribution in [-0.4, -0.2) is 36.9 Å². The van der Waals surface area contributed by atoms with E-state index in [2.05, 4.69) is 26.3 Å². The Bertz CT molecular complexity index is 801. The normalized spacial score (nSPS) is 11.8. The topological polar surface area (TPSA) is 89.4 Å². The van der Waals surface area contributed by atoms with Crippen LogP contribution in [0.25, 0.3) is 0 Å². The molecule has 0 atom stereocenters. The molecule has 4 N–H and O–H groups in total. The van der Waals surface area contributed by atoms with E-state index in [0.29, 0.717) is 38.5 Å². The van der Waals surface area contributed by atoms with Gasteiger partial charge in [0.2, 0.25) is 10.0 Å². The molecule has 0 saturated carbocycles. The fourth-order valence-electron chi connectivity index (χ4n) is 3.63. The lowest BCUT2D eigenvalue weighted by molar-refractivity contribution is 0.295. The first kappa shape index (κ1) is 33.8. The summed E-state index contributed by atoms with van der Waals surface area (Å²) in [6.07, 6.45) is 10.3. The third-order valence-corrected chi connectivity index (χ3v) is 7.49. The maximum Gasteiger partial charge on any atom is 0.243 e. The van der Waals surface area contributed by atoms with Gasteiger partial charge >= 0.3 is 0 Å². The van der Waals surface area contributed by atoms with Crippen LogP contribution < -0.4 is 11.5 Å². The molecule has 0 unspecified atom stereocenters.